The highest BCUT2D eigenvalue weighted by molar-refractivity contribution is 14.1. The quantitative estimate of drug-likeness (QED) is 0.277. The van der Waals surface area contributed by atoms with Crippen molar-refractivity contribution < 1.29 is 23.8 Å². The summed E-state index contributed by atoms with van der Waals surface area (Å²) < 4.78 is 17.7. The predicted molar refractivity (Wildman–Crippen MR) is 131 cm³/mol. The average Bonchev–Trinajstić information content (AvgIpc) is 3.01. The van der Waals surface area contributed by atoms with Crippen LogP contribution in [0.1, 0.15) is 18.9 Å². The average molecular weight is 574 g/mol. The number of carbonyl (C=O) groups is 2. The van der Waals surface area contributed by atoms with Crippen LogP contribution in [0.5, 0.6) is 17.2 Å². The summed E-state index contributed by atoms with van der Waals surface area (Å²) in [7, 11) is 1.57. The van der Waals surface area contributed by atoms with Gasteiger partial charge in [-0.2, -0.15) is 0 Å². The number of hydrogen-bond acceptors (Lipinski definition) is 6. The number of amides is 2. The van der Waals surface area contributed by atoms with Gasteiger partial charge in [-0.25, -0.2) is 0 Å². The summed E-state index contributed by atoms with van der Waals surface area (Å²) in [6.07, 6.45) is 2.57. The molecule has 3 rings (SSSR count). The Morgan fingerprint density at radius 2 is 1.90 bits per heavy atom. The topological polar surface area (TPSA) is 65.1 Å². The van der Waals surface area contributed by atoms with E-state index in [1.54, 1.807) is 43.5 Å². The lowest BCUT2D eigenvalue weighted by Gasteiger charge is -2.14. The minimum atomic E-state index is -0.349. The van der Waals surface area contributed by atoms with Crippen molar-refractivity contribution in [2.24, 2.45) is 0 Å². The first kappa shape index (κ1) is 23.7. The van der Waals surface area contributed by atoms with Gasteiger partial charge in [0.05, 0.1) is 33.8 Å². The van der Waals surface area contributed by atoms with Gasteiger partial charge in [-0.1, -0.05) is 30.7 Å². The molecule has 6 nitrogen and oxygen atoms in total. The van der Waals surface area contributed by atoms with Crippen molar-refractivity contribution in [3.63, 3.8) is 0 Å². The van der Waals surface area contributed by atoms with Gasteiger partial charge in [0.2, 0.25) is 0 Å². The van der Waals surface area contributed by atoms with Crippen molar-refractivity contribution in [2.75, 3.05) is 26.9 Å². The van der Waals surface area contributed by atoms with Crippen LogP contribution >= 0.6 is 46.0 Å². The van der Waals surface area contributed by atoms with E-state index < -0.39 is 0 Å². The first-order valence-electron chi connectivity index (χ1n) is 9.57. The second kappa shape index (κ2) is 11.1. The van der Waals surface area contributed by atoms with Crippen molar-refractivity contribution in [3.8, 4) is 17.2 Å². The zero-order valence-electron chi connectivity index (χ0n) is 17.0. The Kier molecular flexibility index (Phi) is 8.50. The number of ether oxygens (including phenoxy) is 3. The molecule has 31 heavy (non-hydrogen) atoms. The molecule has 9 heteroatoms. The van der Waals surface area contributed by atoms with E-state index in [0.717, 1.165) is 27.3 Å². The number of methoxy groups -OCH3 is 1. The summed E-state index contributed by atoms with van der Waals surface area (Å²) in [6, 6.07) is 10.7. The molecule has 0 bridgehead atoms. The molecule has 0 unspecified atom stereocenters. The molecule has 0 atom stereocenters. The number of halogens is 2. The number of carbonyl (C=O) groups excluding carboxylic acids is 2. The zero-order valence-corrected chi connectivity index (χ0v) is 20.8. The summed E-state index contributed by atoms with van der Waals surface area (Å²) in [5.74, 6) is 1.42. The minimum Gasteiger partial charge on any atom is -0.493 e. The zero-order chi connectivity index (χ0) is 22.4. The van der Waals surface area contributed by atoms with Crippen LogP contribution in [0.4, 0.5) is 4.79 Å². The molecule has 1 aliphatic rings. The number of imide groups is 1. The Morgan fingerprint density at radius 1 is 1.13 bits per heavy atom. The molecule has 0 N–H and O–H groups in total. The molecule has 2 aromatic rings. The summed E-state index contributed by atoms with van der Waals surface area (Å²) in [5, 5.41) is 0.148. The molecule has 0 radical (unpaired) electrons. The largest absolute Gasteiger partial charge is 0.493 e. The molecule has 1 saturated heterocycles. The summed E-state index contributed by atoms with van der Waals surface area (Å²) >= 11 is 9.14. The van der Waals surface area contributed by atoms with Crippen LogP contribution in [-0.4, -0.2) is 42.9 Å². The molecule has 1 aliphatic heterocycles. The van der Waals surface area contributed by atoms with Crippen LogP contribution in [0.3, 0.4) is 0 Å². The molecule has 0 spiro atoms. The first-order chi connectivity index (χ1) is 14.9. The van der Waals surface area contributed by atoms with E-state index in [-0.39, 0.29) is 24.3 Å². The fraction of sp³-hybridized carbons (Fsp3) is 0.273. The van der Waals surface area contributed by atoms with E-state index >= 15 is 0 Å². The summed E-state index contributed by atoms with van der Waals surface area (Å²) in [5.41, 5.74) is 0.753. The van der Waals surface area contributed by atoms with E-state index in [0.29, 0.717) is 33.8 Å². The van der Waals surface area contributed by atoms with Gasteiger partial charge in [-0.15, -0.1) is 0 Å². The minimum absolute atomic E-state index is 0.137. The molecule has 0 saturated carbocycles. The third kappa shape index (κ3) is 5.87. The summed E-state index contributed by atoms with van der Waals surface area (Å²) in [4.78, 5) is 26.6. The van der Waals surface area contributed by atoms with Crippen LogP contribution in [0, 0.1) is 3.57 Å². The highest BCUT2D eigenvalue weighted by atomic mass is 127. The van der Waals surface area contributed by atoms with Crippen LogP contribution < -0.4 is 14.2 Å². The Balaban J connectivity index is 1.71. The lowest BCUT2D eigenvalue weighted by Crippen LogP contribution is -2.32. The highest BCUT2D eigenvalue weighted by Gasteiger charge is 2.35. The summed E-state index contributed by atoms with van der Waals surface area (Å²) in [6.45, 7) is 2.91. The predicted octanol–water partition coefficient (Wildman–Crippen LogP) is 5.86. The fourth-order valence-electron chi connectivity index (χ4n) is 2.82. The van der Waals surface area contributed by atoms with E-state index in [9.17, 15) is 9.59 Å². The van der Waals surface area contributed by atoms with Gasteiger partial charge in [0.25, 0.3) is 11.1 Å². The number of hydrogen-bond donors (Lipinski definition) is 0. The molecule has 1 fully saturated rings. The third-order valence-corrected chi connectivity index (χ3v) is 6.30. The van der Waals surface area contributed by atoms with Crippen molar-refractivity contribution >= 4 is 63.2 Å². The van der Waals surface area contributed by atoms with E-state index in [1.165, 1.54) is 4.90 Å². The van der Waals surface area contributed by atoms with E-state index in [2.05, 4.69) is 22.6 Å². The standard InChI is InChI=1S/C22H21ClINO5S/c1-3-9-30-20-16(24)11-14(12-18(20)28-2)13-19-21(26)25(22(27)31-19)8-10-29-17-7-5-4-6-15(17)23/h4-7,11-13H,3,8-10H2,1-2H3/b19-13-. The van der Waals surface area contributed by atoms with Gasteiger partial charge in [0, 0.05) is 0 Å². The third-order valence-electron chi connectivity index (χ3n) is 4.28. The maximum absolute atomic E-state index is 12.8. The van der Waals surface area contributed by atoms with Gasteiger partial charge in [0.1, 0.15) is 12.4 Å². The second-order valence-corrected chi connectivity index (χ2v) is 9.06. The Bertz CT molecular complexity index is 1010. The lowest BCUT2D eigenvalue weighted by molar-refractivity contribution is -0.123. The van der Waals surface area contributed by atoms with Crippen molar-refractivity contribution in [2.45, 2.75) is 13.3 Å². The van der Waals surface area contributed by atoms with Crippen molar-refractivity contribution in [1.82, 2.24) is 4.90 Å². The van der Waals surface area contributed by atoms with Crippen LogP contribution in [0.15, 0.2) is 41.3 Å². The monoisotopic (exact) mass is 573 g/mol. The molecular formula is C22H21ClINO5S. The van der Waals surface area contributed by atoms with Crippen LogP contribution in [0.2, 0.25) is 5.02 Å². The molecular weight excluding hydrogens is 553 g/mol. The number of thioether (sulfide) groups is 1. The van der Waals surface area contributed by atoms with Gasteiger partial charge < -0.3 is 14.2 Å². The van der Waals surface area contributed by atoms with Gasteiger partial charge in [-0.3, -0.25) is 14.5 Å². The van der Waals surface area contributed by atoms with E-state index in [4.69, 9.17) is 25.8 Å². The Morgan fingerprint density at radius 3 is 2.61 bits per heavy atom. The maximum Gasteiger partial charge on any atom is 0.293 e. The number of nitrogens with zero attached hydrogens (tertiary/aromatic N) is 1. The lowest BCUT2D eigenvalue weighted by atomic mass is 10.2. The number of para-hydroxylation sites is 1. The van der Waals surface area contributed by atoms with Gasteiger partial charge >= 0.3 is 0 Å². The molecule has 1 heterocycles. The molecule has 2 aromatic carbocycles. The highest BCUT2D eigenvalue weighted by Crippen LogP contribution is 2.37. The smallest absolute Gasteiger partial charge is 0.293 e. The molecule has 0 aromatic heterocycles. The van der Waals surface area contributed by atoms with Gasteiger partial charge in [-0.05, 0) is 76.7 Å². The number of rotatable bonds is 9. The van der Waals surface area contributed by atoms with Gasteiger partial charge in [0.15, 0.2) is 11.5 Å². The fourth-order valence-corrected chi connectivity index (χ4v) is 4.66. The van der Waals surface area contributed by atoms with Crippen LogP contribution in [0.25, 0.3) is 6.08 Å². The Hall–Kier alpha value is -1.91. The second-order valence-electron chi connectivity index (χ2n) is 6.49. The maximum atomic E-state index is 12.8. The van der Waals surface area contributed by atoms with Crippen molar-refractivity contribution in [1.29, 1.82) is 0 Å². The Labute approximate surface area is 204 Å². The first-order valence-corrected chi connectivity index (χ1v) is 11.8. The normalized spacial score (nSPS) is 15.0. The molecule has 164 valence electrons. The van der Waals surface area contributed by atoms with E-state index in [1.807, 2.05) is 13.0 Å². The molecule has 2 amide bonds. The van der Waals surface area contributed by atoms with Crippen molar-refractivity contribution in [3.05, 3.63) is 55.5 Å². The number of benzene rings is 2. The van der Waals surface area contributed by atoms with Crippen LogP contribution in [-0.2, 0) is 4.79 Å². The SMILES string of the molecule is CCCOc1c(I)cc(/C=C2\SC(=O)N(CCOc3ccccc3Cl)C2=O)cc1OC. The molecule has 0 aliphatic carbocycles.